The lowest BCUT2D eigenvalue weighted by molar-refractivity contribution is 0.281. The van der Waals surface area contributed by atoms with Gasteiger partial charge in [0.2, 0.25) is 0 Å². The van der Waals surface area contributed by atoms with Gasteiger partial charge in [0.1, 0.15) is 12.4 Å². The molecule has 0 radical (unpaired) electrons. The molecular formula is C16H26IN3O. The van der Waals surface area contributed by atoms with E-state index in [9.17, 15) is 0 Å². The van der Waals surface area contributed by atoms with Gasteiger partial charge in [-0.05, 0) is 31.4 Å². The number of hydrogen-bond acceptors (Lipinski definition) is 2. The average Bonchev–Trinajstić information content (AvgIpc) is 3.15. The van der Waals surface area contributed by atoms with E-state index in [2.05, 4.69) is 36.1 Å². The minimum absolute atomic E-state index is 0. The van der Waals surface area contributed by atoms with Crippen molar-refractivity contribution in [2.75, 3.05) is 26.7 Å². The van der Waals surface area contributed by atoms with Crippen molar-refractivity contribution in [1.82, 2.24) is 10.2 Å². The number of ether oxygens (including phenoxy) is 1. The van der Waals surface area contributed by atoms with Crippen LogP contribution in [0.25, 0.3) is 0 Å². The number of nitrogens with one attached hydrogen (secondary N) is 1. The Morgan fingerprint density at radius 3 is 2.62 bits per heavy atom. The summed E-state index contributed by atoms with van der Waals surface area (Å²) < 4.78 is 5.72. The van der Waals surface area contributed by atoms with Crippen molar-refractivity contribution in [3.63, 3.8) is 0 Å². The summed E-state index contributed by atoms with van der Waals surface area (Å²) in [6, 6.07) is 10.5. The van der Waals surface area contributed by atoms with E-state index in [1.54, 1.807) is 0 Å². The van der Waals surface area contributed by atoms with Crippen LogP contribution >= 0.6 is 24.0 Å². The van der Waals surface area contributed by atoms with Crippen molar-refractivity contribution in [3.05, 3.63) is 30.3 Å². The van der Waals surface area contributed by atoms with Gasteiger partial charge in [0.15, 0.2) is 5.96 Å². The summed E-state index contributed by atoms with van der Waals surface area (Å²) in [6.07, 6.45) is 1.25. The number of guanidine groups is 1. The molecule has 0 heterocycles. The van der Waals surface area contributed by atoms with Crippen molar-refractivity contribution in [2.24, 2.45) is 10.9 Å². The predicted molar refractivity (Wildman–Crippen MR) is 98.7 cm³/mol. The SMILES string of the molecule is CCN=C(NC1CC1C)N(C)CCOc1ccccc1.I. The number of nitrogens with zero attached hydrogens (tertiary/aromatic N) is 2. The lowest BCUT2D eigenvalue weighted by atomic mass is 10.3. The van der Waals surface area contributed by atoms with E-state index in [0.29, 0.717) is 12.6 Å². The third-order valence-electron chi connectivity index (χ3n) is 3.53. The van der Waals surface area contributed by atoms with Gasteiger partial charge in [0, 0.05) is 19.6 Å². The molecule has 0 saturated heterocycles. The van der Waals surface area contributed by atoms with E-state index >= 15 is 0 Å². The second-order valence-corrected chi connectivity index (χ2v) is 5.34. The topological polar surface area (TPSA) is 36.9 Å². The van der Waals surface area contributed by atoms with E-state index in [4.69, 9.17) is 4.74 Å². The maximum absolute atomic E-state index is 5.72. The van der Waals surface area contributed by atoms with Crippen LogP contribution in [-0.4, -0.2) is 43.6 Å². The van der Waals surface area contributed by atoms with Gasteiger partial charge in [0.25, 0.3) is 0 Å². The maximum atomic E-state index is 5.72. The second kappa shape index (κ2) is 9.12. The molecule has 2 unspecified atom stereocenters. The lowest BCUT2D eigenvalue weighted by Crippen LogP contribution is -2.42. The van der Waals surface area contributed by atoms with Gasteiger partial charge in [-0.1, -0.05) is 25.1 Å². The quantitative estimate of drug-likeness (QED) is 0.451. The molecule has 118 valence electrons. The Balaban J connectivity index is 0.00000220. The van der Waals surface area contributed by atoms with E-state index in [0.717, 1.165) is 30.7 Å². The van der Waals surface area contributed by atoms with Crippen LogP contribution in [0.3, 0.4) is 0 Å². The first-order valence-electron chi connectivity index (χ1n) is 7.40. The molecule has 4 nitrogen and oxygen atoms in total. The number of benzene rings is 1. The molecule has 0 bridgehead atoms. The number of halogens is 1. The van der Waals surface area contributed by atoms with Gasteiger partial charge in [-0.15, -0.1) is 24.0 Å². The Kier molecular flexibility index (Phi) is 7.85. The standard InChI is InChI=1S/C16H25N3O.HI/c1-4-17-16(18-15-12-13(15)2)19(3)10-11-20-14-8-6-5-7-9-14;/h5-9,13,15H,4,10-12H2,1-3H3,(H,17,18);1H. The molecule has 1 aliphatic carbocycles. The molecule has 0 amide bonds. The normalized spacial score (nSPS) is 20.4. The molecule has 21 heavy (non-hydrogen) atoms. The predicted octanol–water partition coefficient (Wildman–Crippen LogP) is 2.99. The summed E-state index contributed by atoms with van der Waals surface area (Å²) in [5, 5.41) is 3.51. The minimum atomic E-state index is 0. The van der Waals surface area contributed by atoms with E-state index in [1.807, 2.05) is 30.3 Å². The zero-order valence-corrected chi connectivity index (χ0v) is 15.4. The fourth-order valence-corrected chi connectivity index (χ4v) is 2.04. The van der Waals surface area contributed by atoms with Gasteiger partial charge in [-0.2, -0.15) is 0 Å². The van der Waals surface area contributed by atoms with Gasteiger partial charge < -0.3 is 15.0 Å². The molecule has 1 fully saturated rings. The molecule has 1 N–H and O–H groups in total. The number of para-hydroxylation sites is 1. The molecule has 2 rings (SSSR count). The maximum Gasteiger partial charge on any atom is 0.193 e. The first-order valence-corrected chi connectivity index (χ1v) is 7.40. The molecule has 5 heteroatoms. The van der Waals surface area contributed by atoms with Crippen molar-refractivity contribution < 1.29 is 4.74 Å². The van der Waals surface area contributed by atoms with E-state index in [-0.39, 0.29) is 24.0 Å². The van der Waals surface area contributed by atoms with Crippen LogP contribution in [-0.2, 0) is 0 Å². The van der Waals surface area contributed by atoms with Crippen LogP contribution in [0, 0.1) is 5.92 Å². The van der Waals surface area contributed by atoms with Crippen molar-refractivity contribution in [2.45, 2.75) is 26.3 Å². The van der Waals surface area contributed by atoms with Gasteiger partial charge >= 0.3 is 0 Å². The Morgan fingerprint density at radius 1 is 1.38 bits per heavy atom. The van der Waals surface area contributed by atoms with E-state index in [1.165, 1.54) is 6.42 Å². The highest BCUT2D eigenvalue weighted by molar-refractivity contribution is 14.0. The van der Waals surface area contributed by atoms with Gasteiger partial charge in [-0.25, -0.2) is 0 Å². The third kappa shape index (κ3) is 6.11. The summed E-state index contributed by atoms with van der Waals surface area (Å²) in [5.41, 5.74) is 0. The van der Waals surface area contributed by atoms with Crippen LogP contribution in [0.2, 0.25) is 0 Å². The highest BCUT2D eigenvalue weighted by Crippen LogP contribution is 2.29. The molecule has 0 spiro atoms. The van der Waals surface area contributed by atoms with Gasteiger partial charge in [0.05, 0.1) is 6.54 Å². The summed E-state index contributed by atoms with van der Waals surface area (Å²) in [7, 11) is 2.06. The van der Waals surface area contributed by atoms with E-state index < -0.39 is 0 Å². The molecule has 1 aliphatic rings. The molecule has 1 aromatic carbocycles. The molecule has 0 aliphatic heterocycles. The van der Waals surface area contributed by atoms with Crippen LogP contribution in [0.5, 0.6) is 5.75 Å². The Bertz CT molecular complexity index is 438. The summed E-state index contributed by atoms with van der Waals surface area (Å²) in [4.78, 5) is 6.68. The second-order valence-electron chi connectivity index (χ2n) is 5.34. The number of likely N-dealkylation sites (N-methyl/N-ethyl adjacent to an activating group) is 1. The smallest absolute Gasteiger partial charge is 0.193 e. The zero-order valence-electron chi connectivity index (χ0n) is 13.1. The Hall–Kier alpha value is -0.980. The Morgan fingerprint density at radius 2 is 2.05 bits per heavy atom. The molecule has 2 atom stereocenters. The van der Waals surface area contributed by atoms with Crippen molar-refractivity contribution in [1.29, 1.82) is 0 Å². The number of hydrogen-bond donors (Lipinski definition) is 1. The molecule has 1 aromatic rings. The fourth-order valence-electron chi connectivity index (χ4n) is 2.04. The summed E-state index contributed by atoms with van der Waals surface area (Å²) >= 11 is 0. The van der Waals surface area contributed by atoms with Crippen molar-refractivity contribution >= 4 is 29.9 Å². The number of rotatable bonds is 6. The molecular weight excluding hydrogens is 377 g/mol. The number of aliphatic imine (C=N–C) groups is 1. The van der Waals surface area contributed by atoms with Crippen LogP contribution in [0.1, 0.15) is 20.3 Å². The summed E-state index contributed by atoms with van der Waals surface area (Å²) in [5.74, 6) is 2.67. The zero-order chi connectivity index (χ0) is 14.4. The van der Waals surface area contributed by atoms with Gasteiger partial charge in [-0.3, -0.25) is 4.99 Å². The Labute approximate surface area is 145 Å². The largest absolute Gasteiger partial charge is 0.492 e. The summed E-state index contributed by atoms with van der Waals surface area (Å²) in [6.45, 7) is 6.60. The van der Waals surface area contributed by atoms with Crippen LogP contribution in [0.15, 0.2) is 35.3 Å². The van der Waals surface area contributed by atoms with Crippen LogP contribution < -0.4 is 10.1 Å². The first kappa shape index (κ1) is 18.1. The monoisotopic (exact) mass is 403 g/mol. The fraction of sp³-hybridized carbons (Fsp3) is 0.562. The third-order valence-corrected chi connectivity index (χ3v) is 3.53. The highest BCUT2D eigenvalue weighted by atomic mass is 127. The minimum Gasteiger partial charge on any atom is -0.492 e. The van der Waals surface area contributed by atoms with Crippen LogP contribution in [0.4, 0.5) is 0 Å². The highest BCUT2D eigenvalue weighted by Gasteiger charge is 2.33. The first-order chi connectivity index (χ1) is 9.70. The lowest BCUT2D eigenvalue weighted by Gasteiger charge is -2.22. The molecule has 1 saturated carbocycles. The molecule has 0 aromatic heterocycles. The average molecular weight is 403 g/mol. The van der Waals surface area contributed by atoms with Crippen molar-refractivity contribution in [3.8, 4) is 5.75 Å².